The third-order valence-corrected chi connectivity index (χ3v) is 26.0. The Morgan fingerprint density at radius 2 is 0.575 bits per heavy atom. The van der Waals surface area contributed by atoms with Gasteiger partial charge in [0.05, 0.1) is 69.9 Å². The third-order valence-electron chi connectivity index (χ3n) is 18.9. The maximum atomic E-state index is 7.50. The number of ether oxygens (including phenoxy) is 14. The SMILES string of the molecule is COCCOc1ccsc1-c1sc(-c2cc3c(s2)-c2sc(-c4cc(OCCOC)c(-c5sccc5OCCOC)s4)cc2OCCOc2c4cc(C(C)(C)C)cc2Cc2cc(C(C)(C)C)cc(c2OC)Cc2cc(C(C)(C)C)cc(c2OCCO3)Cc2cc(C(C)(C)C)cc(c2OC)C4)cc1OCCOC. The van der Waals surface area contributed by atoms with E-state index in [1.54, 1.807) is 96.5 Å². The lowest BCUT2D eigenvalue weighted by atomic mass is 9.79. The van der Waals surface area contributed by atoms with Crippen LogP contribution >= 0.6 is 68.0 Å². The van der Waals surface area contributed by atoms with Crippen LogP contribution in [-0.4, -0.2) is 122 Å². The Kier molecular flexibility index (Phi) is 25.0. The van der Waals surface area contributed by atoms with Crippen LogP contribution in [0, 0.1) is 0 Å². The van der Waals surface area contributed by atoms with E-state index in [9.17, 15) is 0 Å². The minimum absolute atomic E-state index is 0.201. The van der Waals surface area contributed by atoms with E-state index in [0.29, 0.717) is 90.0 Å². The van der Waals surface area contributed by atoms with Crippen LogP contribution in [0.25, 0.3) is 48.8 Å². The highest BCUT2D eigenvalue weighted by atomic mass is 32.1. The van der Waals surface area contributed by atoms with E-state index in [2.05, 4.69) is 167 Å². The third kappa shape index (κ3) is 17.9. The Hall–Kier alpha value is -7.08. The highest BCUT2D eigenvalue weighted by molar-refractivity contribution is 7.31. The van der Waals surface area contributed by atoms with Crippen LogP contribution in [-0.2, 0) is 66.3 Å². The van der Waals surface area contributed by atoms with E-state index in [1.165, 1.54) is 22.3 Å². The first-order valence-electron chi connectivity index (χ1n) is 36.2. The molecule has 0 atom stereocenters. The lowest BCUT2D eigenvalue weighted by molar-refractivity contribution is 0.146. The number of hydrogen-bond donors (Lipinski definition) is 0. The molecule has 0 N–H and O–H groups in total. The summed E-state index contributed by atoms with van der Waals surface area (Å²) in [5, 5.41) is 4.11. The molecule has 0 saturated heterocycles. The van der Waals surface area contributed by atoms with E-state index in [4.69, 9.17) is 66.3 Å². The molecule has 10 aromatic rings. The van der Waals surface area contributed by atoms with Crippen LogP contribution in [0.2, 0.25) is 0 Å². The molecule has 10 bridgehead atoms. The highest BCUT2D eigenvalue weighted by Crippen LogP contribution is 2.58. The minimum atomic E-state index is -0.232. The Labute approximate surface area is 650 Å². The molecular weight excluding hydrogens is 1450 g/mol. The van der Waals surface area contributed by atoms with Crippen molar-refractivity contribution < 1.29 is 66.3 Å². The summed E-state index contributed by atoms with van der Waals surface area (Å²) in [5.41, 5.74) is 12.5. The fraction of sp³-hybridized carbons (Fsp3) is 0.442. The maximum Gasteiger partial charge on any atom is 0.139 e. The first-order chi connectivity index (χ1) is 50.8. The van der Waals surface area contributed by atoms with Crippen molar-refractivity contribution in [2.24, 2.45) is 0 Å². The summed E-state index contributed by atoms with van der Waals surface area (Å²) in [4.78, 5) is 9.60. The van der Waals surface area contributed by atoms with Gasteiger partial charge in [0.25, 0.3) is 0 Å². The predicted octanol–water partition coefficient (Wildman–Crippen LogP) is 21.6. The summed E-state index contributed by atoms with van der Waals surface area (Å²) < 4.78 is 90.9. The highest BCUT2D eigenvalue weighted by Gasteiger charge is 2.32. The fourth-order valence-electron chi connectivity index (χ4n) is 13.2. The molecule has 106 heavy (non-hydrogen) atoms. The van der Waals surface area contributed by atoms with E-state index in [0.717, 1.165) is 139 Å². The molecule has 566 valence electrons. The molecule has 14 nitrogen and oxygen atoms in total. The molecular formula is C86H102O14S6. The molecule has 0 spiro atoms. The first-order valence-corrected chi connectivity index (χ1v) is 41.2. The lowest BCUT2D eigenvalue weighted by Gasteiger charge is -2.29. The van der Waals surface area contributed by atoms with Crippen molar-refractivity contribution in [2.75, 3.05) is 122 Å². The lowest BCUT2D eigenvalue weighted by Crippen LogP contribution is -2.18. The zero-order valence-electron chi connectivity index (χ0n) is 64.7. The van der Waals surface area contributed by atoms with E-state index >= 15 is 0 Å². The fourth-order valence-corrected chi connectivity index (χ4v) is 19.9. The Morgan fingerprint density at radius 1 is 0.302 bits per heavy atom. The summed E-state index contributed by atoms with van der Waals surface area (Å²) in [6.45, 7) is 31.7. The monoisotopic (exact) mass is 1550 g/mol. The molecule has 3 aliphatic rings. The second-order valence-electron chi connectivity index (χ2n) is 30.8. The van der Waals surface area contributed by atoms with Crippen molar-refractivity contribution in [3.8, 4) is 106 Å². The molecule has 6 aromatic heterocycles. The van der Waals surface area contributed by atoms with E-state index < -0.39 is 0 Å². The molecule has 0 unspecified atom stereocenters. The van der Waals surface area contributed by atoms with Gasteiger partial charge < -0.3 is 66.3 Å². The number of methoxy groups -OCH3 is 6. The van der Waals surface area contributed by atoms with Crippen molar-refractivity contribution in [1.29, 1.82) is 0 Å². The quantitative estimate of drug-likeness (QED) is 0.0597. The van der Waals surface area contributed by atoms with Gasteiger partial charge in [-0.3, -0.25) is 0 Å². The second kappa shape index (κ2) is 33.8. The number of thiophene rings is 6. The van der Waals surface area contributed by atoms with Gasteiger partial charge in [0, 0.05) is 97.9 Å². The number of fused-ring (bicyclic) bond motifs is 6. The molecule has 0 fully saturated rings. The van der Waals surface area contributed by atoms with Crippen LogP contribution in [0.4, 0.5) is 0 Å². The van der Waals surface area contributed by atoms with Crippen LogP contribution < -0.4 is 47.4 Å². The summed E-state index contributed by atoms with van der Waals surface area (Å²) in [7, 11) is 10.4. The van der Waals surface area contributed by atoms with Crippen molar-refractivity contribution >= 4 is 68.0 Å². The summed E-state index contributed by atoms with van der Waals surface area (Å²) in [6.07, 6.45) is 2.12. The van der Waals surface area contributed by atoms with E-state index in [-0.39, 0.29) is 48.1 Å². The Morgan fingerprint density at radius 3 is 0.868 bits per heavy atom. The van der Waals surface area contributed by atoms with Gasteiger partial charge in [-0.25, -0.2) is 0 Å². The van der Waals surface area contributed by atoms with Gasteiger partial charge in [-0.15, -0.1) is 68.0 Å². The zero-order valence-corrected chi connectivity index (χ0v) is 69.6. The Bertz CT molecular complexity index is 4270. The summed E-state index contributed by atoms with van der Waals surface area (Å²) in [5.74, 6) is 7.69. The van der Waals surface area contributed by atoms with E-state index in [1.807, 2.05) is 26.4 Å². The first kappa shape index (κ1) is 78.5. The summed E-state index contributed by atoms with van der Waals surface area (Å²) in [6, 6.07) is 31.5. The largest absolute Gasteiger partial charge is 0.496 e. The van der Waals surface area contributed by atoms with Gasteiger partial charge >= 0.3 is 0 Å². The molecule has 1 aliphatic carbocycles. The smallest absolute Gasteiger partial charge is 0.139 e. The molecule has 20 heteroatoms. The second-order valence-corrected chi connectivity index (χ2v) is 36.9. The van der Waals surface area contributed by atoms with Crippen LogP contribution in [0.15, 0.2) is 95.7 Å². The molecule has 13 rings (SSSR count). The van der Waals surface area contributed by atoms with Gasteiger partial charge in [-0.1, -0.05) is 132 Å². The molecule has 0 saturated carbocycles. The minimum Gasteiger partial charge on any atom is -0.496 e. The van der Waals surface area contributed by atoms with Gasteiger partial charge in [0.15, 0.2) is 0 Å². The molecule has 2 aliphatic heterocycles. The van der Waals surface area contributed by atoms with Crippen molar-refractivity contribution in [2.45, 2.75) is 130 Å². The number of hydrogen-bond acceptors (Lipinski definition) is 20. The van der Waals surface area contributed by atoms with Gasteiger partial charge in [-0.05, 0) is 111 Å². The number of rotatable bonds is 22. The molecule has 4 aromatic carbocycles. The van der Waals surface area contributed by atoms with Crippen molar-refractivity contribution in [3.05, 3.63) is 162 Å². The van der Waals surface area contributed by atoms with Crippen LogP contribution in [0.3, 0.4) is 0 Å². The van der Waals surface area contributed by atoms with Gasteiger partial charge in [0.1, 0.15) is 110 Å². The topological polar surface area (TPSA) is 129 Å². The molecule has 8 heterocycles. The van der Waals surface area contributed by atoms with Crippen LogP contribution in [0.1, 0.15) is 150 Å². The van der Waals surface area contributed by atoms with Gasteiger partial charge in [0.2, 0.25) is 0 Å². The van der Waals surface area contributed by atoms with Crippen molar-refractivity contribution in [1.82, 2.24) is 0 Å². The normalized spacial score (nSPS) is 13.6. The van der Waals surface area contributed by atoms with Gasteiger partial charge in [-0.2, -0.15) is 0 Å². The predicted molar refractivity (Wildman–Crippen MR) is 437 cm³/mol. The average molecular weight is 1550 g/mol. The maximum absolute atomic E-state index is 7.50. The zero-order chi connectivity index (χ0) is 75.2. The number of benzene rings is 4. The molecule has 0 radical (unpaired) electrons. The van der Waals surface area contributed by atoms with Crippen LogP contribution in [0.5, 0.6) is 57.5 Å². The Balaban J connectivity index is 1.10. The van der Waals surface area contributed by atoms with Crippen molar-refractivity contribution in [3.63, 3.8) is 0 Å². The molecule has 0 amide bonds. The average Bonchev–Trinajstić information content (AvgIpc) is 1.37. The summed E-state index contributed by atoms with van der Waals surface area (Å²) >= 11 is 9.86. The standard InChI is InChI=1S/C86H102O14S6/c1-83(2,3)59-39-51-35-55-43-61(85(7,8)9)45-57-37-53-41-60(84(4,5)6)42-54(74(53)92-18)38-58-46-62(86(10,11)12)44-56(36-52(40-59)73(51)91-17)76(58)100-32-30-98-68-50-72(70-48-66(96-28-24-90-16)80(104-70)78-64(20-34-102-78)94-26-22-88-14)106-82(68)81-67(97-29-31-99-75(55)57)49-71(105-81)69-47-65(95-27-23-89-15)79(103-69)77-63(19-33-101-77)93-25-21-87-13/h19-20,33-34,39-50H,21-32,35-38H2,1-18H3.